The second kappa shape index (κ2) is 44.3. The third kappa shape index (κ3) is 278. The molecule has 0 aromatic heterocycles. The summed E-state index contributed by atoms with van der Waals surface area (Å²) in [5, 5.41) is 9.16. The fourth-order valence-electron chi connectivity index (χ4n) is 0.167. The molecule has 1 rings (SSSR count). The van der Waals surface area contributed by atoms with E-state index in [9.17, 15) is 4.79 Å². The summed E-state index contributed by atoms with van der Waals surface area (Å²) in [6, 6.07) is 0. The quantitative estimate of drug-likeness (QED) is 0.379. The Balaban J connectivity index is -0.0000000484. The Hall–Kier alpha value is -1.19. The maximum absolute atomic E-state index is 9.44. The number of allylic oxidation sites excluding steroid dienone is 3. The van der Waals surface area contributed by atoms with E-state index in [0.29, 0.717) is 0 Å². The molecule has 1 fully saturated rings. The van der Waals surface area contributed by atoms with E-state index in [-0.39, 0.29) is 5.48 Å². The molecule has 0 aromatic rings. The van der Waals surface area contributed by atoms with Gasteiger partial charge >= 0.3 is 5.91 Å². The van der Waals surface area contributed by atoms with Crippen molar-refractivity contribution in [2.45, 2.75) is 95.4 Å². The SMILES string of the molecule is C/C=C\C.C=C.C=CC.CC(=O)[NH2+][O-].CC(C)C.CC1CC1.CCC(C)C. The van der Waals surface area contributed by atoms with E-state index in [1.54, 1.807) is 6.08 Å². The zero-order valence-corrected chi connectivity index (χ0v) is 20.6. The van der Waals surface area contributed by atoms with Gasteiger partial charge in [0.1, 0.15) is 0 Å². The number of primary amides is 1. The average molecular weight is 388 g/mol. The van der Waals surface area contributed by atoms with Gasteiger partial charge in [0.2, 0.25) is 0 Å². The first-order valence-electron chi connectivity index (χ1n) is 10.1. The highest BCUT2D eigenvalue weighted by atomic mass is 16.5. The third-order valence-electron chi connectivity index (χ3n) is 2.18. The molecule has 1 aliphatic carbocycles. The summed E-state index contributed by atoms with van der Waals surface area (Å²) in [4.78, 5) is 9.44. The number of hydroxylamine groups is 1. The van der Waals surface area contributed by atoms with E-state index in [1.165, 1.54) is 26.2 Å². The minimum Gasteiger partial charge on any atom is -0.628 e. The second-order valence-corrected chi connectivity index (χ2v) is 7.02. The van der Waals surface area contributed by atoms with Gasteiger partial charge in [-0.15, -0.1) is 19.7 Å². The van der Waals surface area contributed by atoms with Crippen LogP contribution in [0.15, 0.2) is 38.0 Å². The van der Waals surface area contributed by atoms with Crippen LogP contribution in [-0.4, -0.2) is 5.91 Å². The highest BCUT2D eigenvalue weighted by molar-refractivity contribution is 5.61. The van der Waals surface area contributed by atoms with E-state index >= 15 is 0 Å². The Bertz CT molecular complexity index is 261. The Kier molecular flexibility index (Phi) is 66.5. The lowest BCUT2D eigenvalue weighted by Gasteiger charge is -1.90. The predicted molar refractivity (Wildman–Crippen MR) is 128 cm³/mol. The average Bonchev–Trinajstić information content (AvgIpc) is 3.40. The molecule has 2 N–H and O–H groups in total. The number of carbonyl (C=O) groups is 1. The van der Waals surface area contributed by atoms with Crippen molar-refractivity contribution in [3.63, 3.8) is 0 Å². The van der Waals surface area contributed by atoms with Crippen LogP contribution in [0.2, 0.25) is 0 Å². The zero-order chi connectivity index (χ0) is 23.3. The van der Waals surface area contributed by atoms with Crippen molar-refractivity contribution in [1.29, 1.82) is 0 Å². The Morgan fingerprint density at radius 2 is 1.22 bits per heavy atom. The summed E-state index contributed by atoms with van der Waals surface area (Å²) in [6.45, 7) is 31.9. The minimum atomic E-state index is -0.426. The van der Waals surface area contributed by atoms with Gasteiger partial charge in [0.05, 0.1) is 6.92 Å². The molecule has 27 heavy (non-hydrogen) atoms. The molecule has 0 atom stereocenters. The highest BCUT2D eigenvalue weighted by Gasteiger charge is 2.12. The fraction of sp³-hybridized carbons (Fsp3) is 0.708. The molecule has 1 saturated carbocycles. The van der Waals surface area contributed by atoms with Crippen molar-refractivity contribution < 1.29 is 10.3 Å². The van der Waals surface area contributed by atoms with Gasteiger partial charge in [-0.25, -0.2) is 4.79 Å². The number of hydrogen-bond donors (Lipinski definition) is 1. The first-order valence-corrected chi connectivity index (χ1v) is 10.1. The molecule has 166 valence electrons. The minimum absolute atomic E-state index is 0.278. The number of carbonyl (C=O) groups excluding carboxylic acids is 1. The molecular formula is C24H53NO2. The maximum atomic E-state index is 9.44. The summed E-state index contributed by atoms with van der Waals surface area (Å²) < 4.78 is 0. The first-order chi connectivity index (χ1) is 12.5. The summed E-state index contributed by atoms with van der Waals surface area (Å²) in [7, 11) is 0. The van der Waals surface area contributed by atoms with Crippen LogP contribution in [-0.2, 0) is 4.79 Å². The van der Waals surface area contributed by atoms with E-state index in [4.69, 9.17) is 5.21 Å². The molecular weight excluding hydrogens is 334 g/mol. The number of hydrogen-bond acceptors (Lipinski definition) is 2. The van der Waals surface area contributed by atoms with Crippen molar-refractivity contribution in [2.75, 3.05) is 0 Å². The molecule has 0 saturated heterocycles. The van der Waals surface area contributed by atoms with Gasteiger partial charge in [-0.05, 0) is 38.5 Å². The van der Waals surface area contributed by atoms with Crippen molar-refractivity contribution >= 4 is 5.91 Å². The molecule has 1 aliphatic rings. The second-order valence-electron chi connectivity index (χ2n) is 7.02. The summed E-state index contributed by atoms with van der Waals surface area (Å²) in [5.74, 6) is 2.38. The van der Waals surface area contributed by atoms with Crippen LogP contribution < -0.4 is 5.48 Å². The first kappa shape index (κ1) is 40.5. The van der Waals surface area contributed by atoms with E-state index in [0.717, 1.165) is 17.8 Å². The number of nitrogens with two attached hydrogens (primary N) is 1. The van der Waals surface area contributed by atoms with Gasteiger partial charge in [0.25, 0.3) is 0 Å². The van der Waals surface area contributed by atoms with Crippen molar-refractivity contribution in [3.8, 4) is 0 Å². The predicted octanol–water partition coefficient (Wildman–Crippen LogP) is 7.30. The lowest BCUT2D eigenvalue weighted by atomic mass is 10.2. The van der Waals surface area contributed by atoms with Crippen LogP contribution in [0.5, 0.6) is 0 Å². The van der Waals surface area contributed by atoms with Crippen LogP contribution in [0.4, 0.5) is 0 Å². The van der Waals surface area contributed by atoms with E-state index in [2.05, 4.69) is 68.2 Å². The van der Waals surface area contributed by atoms with E-state index in [1.807, 2.05) is 32.9 Å². The zero-order valence-electron chi connectivity index (χ0n) is 20.6. The van der Waals surface area contributed by atoms with Crippen LogP contribution >= 0.6 is 0 Å². The van der Waals surface area contributed by atoms with Gasteiger partial charge in [0.15, 0.2) is 0 Å². The fourth-order valence-corrected chi connectivity index (χ4v) is 0.167. The monoisotopic (exact) mass is 387 g/mol. The van der Waals surface area contributed by atoms with E-state index < -0.39 is 5.91 Å². The molecule has 3 heteroatoms. The molecule has 3 nitrogen and oxygen atoms in total. The Morgan fingerprint density at radius 1 is 1.07 bits per heavy atom. The van der Waals surface area contributed by atoms with Crippen molar-refractivity contribution in [1.82, 2.24) is 0 Å². The standard InChI is InChI=1S/C5H12.C4H8.C4H10.C4H8.C3H6.C2H5NO2.C2H4/c1-4-5(2)3;1-4-2-3-4;1-4(2)3;1-3-4-2;1-3-2;1-2(4)3-5;1-2/h5H,4H2,1-3H3;4H,2-3H2,1H3;4H,1-3H3;3-4H,1-2H3;3H,1H2,2H3;3H2,1H3;1-2H2/b;;;4-3-;;;. The molecule has 0 aliphatic heterocycles. The smallest absolute Gasteiger partial charge is 0.307 e. The van der Waals surface area contributed by atoms with Gasteiger partial charge in [-0.2, -0.15) is 0 Å². The molecule has 0 unspecified atom stereocenters. The normalized spacial score (nSPS) is 10.4. The summed E-state index contributed by atoms with van der Waals surface area (Å²) in [5.41, 5.74) is 0.278. The largest absolute Gasteiger partial charge is 0.628 e. The van der Waals surface area contributed by atoms with Crippen LogP contribution in [0, 0.1) is 23.0 Å². The van der Waals surface area contributed by atoms with Gasteiger partial charge in [0, 0.05) is 0 Å². The lowest BCUT2D eigenvalue weighted by molar-refractivity contribution is -0.498. The molecule has 0 radical (unpaired) electrons. The van der Waals surface area contributed by atoms with Crippen molar-refractivity contribution in [3.05, 3.63) is 43.2 Å². The third-order valence-corrected chi connectivity index (χ3v) is 2.18. The molecule has 0 bridgehead atoms. The van der Waals surface area contributed by atoms with Gasteiger partial charge in [-0.3, -0.25) is 0 Å². The van der Waals surface area contributed by atoms with Gasteiger partial charge < -0.3 is 10.7 Å². The van der Waals surface area contributed by atoms with Crippen LogP contribution in [0.25, 0.3) is 0 Å². The van der Waals surface area contributed by atoms with Gasteiger partial charge in [-0.1, -0.05) is 86.0 Å². The molecule has 0 aromatic carbocycles. The number of quaternary nitrogens is 1. The maximum Gasteiger partial charge on any atom is 0.307 e. The number of rotatable bonds is 1. The Morgan fingerprint density at radius 3 is 1.22 bits per heavy atom. The topological polar surface area (TPSA) is 56.7 Å². The lowest BCUT2D eigenvalue weighted by Crippen LogP contribution is -2.80. The summed E-state index contributed by atoms with van der Waals surface area (Å²) in [6.07, 6.45) is 10.0. The number of amides is 1. The molecule has 0 heterocycles. The Labute approximate surface area is 173 Å². The molecule has 0 spiro atoms. The van der Waals surface area contributed by atoms with Crippen LogP contribution in [0.1, 0.15) is 95.4 Å². The van der Waals surface area contributed by atoms with Crippen LogP contribution in [0.3, 0.4) is 0 Å². The van der Waals surface area contributed by atoms with Crippen molar-refractivity contribution in [2.24, 2.45) is 17.8 Å². The summed E-state index contributed by atoms with van der Waals surface area (Å²) >= 11 is 0. The highest BCUT2D eigenvalue weighted by Crippen LogP contribution is 2.26. The molecule has 1 amide bonds.